The number of aliphatic carboxylic acids is 1. The number of benzene rings is 1. The molecule has 1 unspecified atom stereocenters. The number of carbonyl (C=O) groups is 1. The molecule has 0 saturated heterocycles. The topological polar surface area (TPSA) is 76.0 Å². The number of carboxylic acid groups (broad SMARTS) is 1. The van der Waals surface area contributed by atoms with E-state index in [0.717, 1.165) is 18.6 Å². The molecule has 0 bridgehead atoms. The minimum absolute atomic E-state index is 0.296. The lowest BCUT2D eigenvalue weighted by molar-refractivity contribution is -0.138. The molecule has 0 radical (unpaired) electrons. The first-order chi connectivity index (χ1) is 8.74. The average Bonchev–Trinajstić information content (AvgIpc) is 2.38. The standard InChI is InChI=1S/C13H17NO4/c15-13(16)12(14-17)9-5-2-6-10-18-11-7-3-1-4-8-11/h1,3-4,7-8,12H,2,5-6,9-10H2,(H,15,16). The Morgan fingerprint density at radius 3 is 2.56 bits per heavy atom. The molecule has 1 aromatic rings. The zero-order valence-electron chi connectivity index (χ0n) is 10.1. The molecule has 0 aliphatic carbocycles. The summed E-state index contributed by atoms with van der Waals surface area (Å²) in [5, 5.41) is 11.2. The molecular weight excluding hydrogens is 234 g/mol. The first-order valence-corrected chi connectivity index (χ1v) is 5.97. The number of carboxylic acids is 1. The minimum Gasteiger partial charge on any atom is -0.494 e. The van der Waals surface area contributed by atoms with Gasteiger partial charge in [0.15, 0.2) is 6.04 Å². The van der Waals surface area contributed by atoms with Gasteiger partial charge in [-0.2, -0.15) is 0 Å². The first-order valence-electron chi connectivity index (χ1n) is 5.97. The number of hydrogen-bond donors (Lipinski definition) is 1. The molecule has 0 spiro atoms. The maximum absolute atomic E-state index is 10.5. The summed E-state index contributed by atoms with van der Waals surface area (Å²) >= 11 is 0. The SMILES string of the molecule is O=NC(CCCCCOc1ccccc1)C(=O)O. The van der Waals surface area contributed by atoms with Crippen LogP contribution in [-0.2, 0) is 4.79 Å². The molecule has 18 heavy (non-hydrogen) atoms. The number of rotatable bonds is 9. The van der Waals surface area contributed by atoms with Crippen LogP contribution in [0, 0.1) is 4.91 Å². The van der Waals surface area contributed by atoms with Gasteiger partial charge >= 0.3 is 5.97 Å². The fourth-order valence-electron chi connectivity index (χ4n) is 1.54. The van der Waals surface area contributed by atoms with Crippen LogP contribution in [0.4, 0.5) is 0 Å². The van der Waals surface area contributed by atoms with Gasteiger partial charge in [-0.1, -0.05) is 29.8 Å². The average molecular weight is 251 g/mol. The van der Waals surface area contributed by atoms with E-state index in [0.29, 0.717) is 19.4 Å². The zero-order valence-corrected chi connectivity index (χ0v) is 10.1. The van der Waals surface area contributed by atoms with E-state index < -0.39 is 12.0 Å². The van der Waals surface area contributed by atoms with Crippen molar-refractivity contribution < 1.29 is 14.6 Å². The van der Waals surface area contributed by atoms with E-state index in [1.165, 1.54) is 0 Å². The molecule has 1 rings (SSSR count). The third-order valence-electron chi connectivity index (χ3n) is 2.55. The quantitative estimate of drug-likeness (QED) is 0.541. The number of hydrogen-bond acceptors (Lipinski definition) is 4. The van der Waals surface area contributed by atoms with Gasteiger partial charge in [0.25, 0.3) is 0 Å². The maximum Gasteiger partial charge on any atom is 0.332 e. The summed E-state index contributed by atoms with van der Waals surface area (Å²) < 4.78 is 5.49. The third kappa shape index (κ3) is 5.43. The zero-order chi connectivity index (χ0) is 13.2. The highest BCUT2D eigenvalue weighted by atomic mass is 16.5. The van der Waals surface area contributed by atoms with Crippen LogP contribution in [0.2, 0.25) is 0 Å². The number of para-hydroxylation sites is 1. The molecule has 1 aromatic carbocycles. The van der Waals surface area contributed by atoms with E-state index in [1.54, 1.807) is 0 Å². The maximum atomic E-state index is 10.5. The van der Waals surface area contributed by atoms with Gasteiger partial charge in [0.05, 0.1) is 6.61 Å². The Balaban J connectivity index is 2.05. The second kappa shape index (κ2) is 8.22. The molecule has 0 aliphatic heterocycles. The predicted octanol–water partition coefficient (Wildman–Crippen LogP) is 2.85. The number of unbranched alkanes of at least 4 members (excludes halogenated alkanes) is 2. The smallest absolute Gasteiger partial charge is 0.332 e. The summed E-state index contributed by atoms with van der Waals surface area (Å²) in [6, 6.07) is 8.39. The Labute approximate surface area is 106 Å². The van der Waals surface area contributed by atoms with Gasteiger partial charge in [0.1, 0.15) is 5.75 Å². The van der Waals surface area contributed by atoms with Crippen molar-refractivity contribution in [3.05, 3.63) is 35.2 Å². The Kier molecular flexibility index (Phi) is 6.46. The fourth-order valence-corrected chi connectivity index (χ4v) is 1.54. The molecule has 1 atom stereocenters. The molecule has 5 heteroatoms. The van der Waals surface area contributed by atoms with Crippen molar-refractivity contribution in [1.82, 2.24) is 0 Å². The Morgan fingerprint density at radius 2 is 1.94 bits per heavy atom. The van der Waals surface area contributed by atoms with E-state index in [2.05, 4.69) is 5.18 Å². The van der Waals surface area contributed by atoms with E-state index in [-0.39, 0.29) is 0 Å². The van der Waals surface area contributed by atoms with Gasteiger partial charge in [-0.15, -0.1) is 4.91 Å². The van der Waals surface area contributed by atoms with Gasteiger partial charge < -0.3 is 9.84 Å². The van der Waals surface area contributed by atoms with Crippen LogP contribution in [0.5, 0.6) is 5.75 Å². The first kappa shape index (κ1) is 14.2. The normalized spacial score (nSPS) is 11.8. The molecule has 0 aliphatic rings. The third-order valence-corrected chi connectivity index (χ3v) is 2.55. The van der Waals surface area contributed by atoms with E-state index in [1.807, 2.05) is 30.3 Å². The molecule has 0 aromatic heterocycles. The van der Waals surface area contributed by atoms with Gasteiger partial charge in [0.2, 0.25) is 0 Å². The highest BCUT2D eigenvalue weighted by molar-refractivity contribution is 5.73. The van der Waals surface area contributed by atoms with Crippen LogP contribution in [0.25, 0.3) is 0 Å². The molecule has 5 nitrogen and oxygen atoms in total. The highest BCUT2D eigenvalue weighted by Gasteiger charge is 2.16. The summed E-state index contributed by atoms with van der Waals surface area (Å²) in [4.78, 5) is 20.7. The summed E-state index contributed by atoms with van der Waals surface area (Å²) in [6.45, 7) is 0.594. The molecule has 0 amide bonds. The predicted molar refractivity (Wildman–Crippen MR) is 67.6 cm³/mol. The number of nitrogens with zero attached hydrogens (tertiary/aromatic N) is 1. The number of ether oxygens (including phenoxy) is 1. The van der Waals surface area contributed by atoms with Gasteiger partial charge in [-0.25, -0.2) is 4.79 Å². The van der Waals surface area contributed by atoms with E-state index in [9.17, 15) is 9.70 Å². The lowest BCUT2D eigenvalue weighted by Gasteiger charge is -2.06. The van der Waals surface area contributed by atoms with Crippen LogP contribution >= 0.6 is 0 Å². The van der Waals surface area contributed by atoms with E-state index in [4.69, 9.17) is 9.84 Å². The molecule has 98 valence electrons. The summed E-state index contributed by atoms with van der Waals surface area (Å²) in [5.41, 5.74) is 0. The van der Waals surface area contributed by atoms with Crippen molar-refractivity contribution in [2.75, 3.05) is 6.61 Å². The van der Waals surface area contributed by atoms with Crippen LogP contribution < -0.4 is 4.74 Å². The summed E-state index contributed by atoms with van der Waals surface area (Å²) in [5.74, 6) is -0.319. The van der Waals surface area contributed by atoms with Crippen LogP contribution in [0.15, 0.2) is 35.5 Å². The van der Waals surface area contributed by atoms with Crippen molar-refractivity contribution in [1.29, 1.82) is 0 Å². The second-order valence-corrected chi connectivity index (χ2v) is 3.97. The molecular formula is C13H17NO4. The monoisotopic (exact) mass is 251 g/mol. The largest absolute Gasteiger partial charge is 0.494 e. The fraction of sp³-hybridized carbons (Fsp3) is 0.462. The van der Waals surface area contributed by atoms with E-state index >= 15 is 0 Å². The molecule has 0 heterocycles. The second-order valence-electron chi connectivity index (χ2n) is 3.97. The Hall–Kier alpha value is -1.91. The molecule has 0 saturated carbocycles. The highest BCUT2D eigenvalue weighted by Crippen LogP contribution is 2.11. The Bertz CT molecular complexity index is 367. The lowest BCUT2D eigenvalue weighted by Crippen LogP contribution is -2.16. The summed E-state index contributed by atoms with van der Waals surface area (Å²) in [6.07, 6.45) is 2.62. The summed E-state index contributed by atoms with van der Waals surface area (Å²) in [7, 11) is 0. The molecule has 0 fully saturated rings. The van der Waals surface area contributed by atoms with Crippen LogP contribution in [0.3, 0.4) is 0 Å². The van der Waals surface area contributed by atoms with Crippen molar-refractivity contribution in [3.8, 4) is 5.75 Å². The lowest BCUT2D eigenvalue weighted by atomic mass is 10.1. The Morgan fingerprint density at radius 1 is 1.22 bits per heavy atom. The van der Waals surface area contributed by atoms with Crippen LogP contribution in [-0.4, -0.2) is 23.7 Å². The number of nitroso groups, excluding NO2 is 1. The van der Waals surface area contributed by atoms with Gasteiger partial charge in [0, 0.05) is 0 Å². The minimum atomic E-state index is -1.15. The van der Waals surface area contributed by atoms with Gasteiger partial charge in [-0.05, 0) is 31.4 Å². The van der Waals surface area contributed by atoms with Crippen molar-refractivity contribution >= 4 is 5.97 Å². The van der Waals surface area contributed by atoms with Crippen LogP contribution in [0.1, 0.15) is 25.7 Å². The van der Waals surface area contributed by atoms with Crippen molar-refractivity contribution in [3.63, 3.8) is 0 Å². The van der Waals surface area contributed by atoms with Crippen molar-refractivity contribution in [2.45, 2.75) is 31.7 Å². The van der Waals surface area contributed by atoms with Gasteiger partial charge in [-0.3, -0.25) is 0 Å². The molecule has 1 N–H and O–H groups in total. The van der Waals surface area contributed by atoms with Crippen molar-refractivity contribution in [2.24, 2.45) is 5.18 Å².